The average molecular weight is 348 g/mol. The highest BCUT2D eigenvalue weighted by Crippen LogP contribution is 2.63. The van der Waals surface area contributed by atoms with Crippen molar-refractivity contribution in [2.45, 2.75) is 45.0 Å². The number of nitrogens with zero attached hydrogens (tertiary/aromatic N) is 3. The number of nitrogens with one attached hydrogen (secondary N) is 1. The van der Waals surface area contributed by atoms with Crippen LogP contribution in [-0.2, 0) is 15.9 Å². The lowest BCUT2D eigenvalue weighted by molar-refractivity contribution is -0.270. The normalized spacial score (nSPS) is 34.2. The highest BCUT2D eigenvalue weighted by Gasteiger charge is 2.78. The smallest absolute Gasteiger partial charge is 0.214 e. The van der Waals surface area contributed by atoms with Crippen LogP contribution in [-0.4, -0.2) is 17.8 Å². The van der Waals surface area contributed by atoms with Crippen LogP contribution in [0.25, 0.3) is 0 Å². The average Bonchev–Trinajstić information content (AvgIpc) is 2.80. The summed E-state index contributed by atoms with van der Waals surface area (Å²) in [6.07, 6.45) is 0.659. The van der Waals surface area contributed by atoms with E-state index in [-0.39, 0.29) is 12.3 Å². The molecule has 2 bridgehead atoms. The monoisotopic (exact) mass is 348 g/mol. The summed E-state index contributed by atoms with van der Waals surface area (Å²) < 4.78 is 11.9. The minimum atomic E-state index is -1.81. The summed E-state index contributed by atoms with van der Waals surface area (Å²) in [5.41, 5.74) is -2.56. The Balaban J connectivity index is 2.19. The van der Waals surface area contributed by atoms with Gasteiger partial charge < -0.3 is 9.47 Å². The maximum absolute atomic E-state index is 10.1. The Hall–Kier alpha value is -2.88. The summed E-state index contributed by atoms with van der Waals surface area (Å²) in [6, 6.07) is 15.7. The molecular formula is C20H20N4O2. The van der Waals surface area contributed by atoms with Crippen LogP contribution in [0.2, 0.25) is 0 Å². The van der Waals surface area contributed by atoms with E-state index >= 15 is 0 Å². The minimum absolute atomic E-state index is 0.288. The molecule has 2 fully saturated rings. The van der Waals surface area contributed by atoms with Crippen molar-refractivity contribution in [1.29, 1.82) is 21.2 Å². The van der Waals surface area contributed by atoms with Crippen LogP contribution in [0, 0.1) is 56.2 Å². The van der Waals surface area contributed by atoms with Crippen molar-refractivity contribution in [3.8, 4) is 18.2 Å². The molecule has 6 nitrogen and oxygen atoms in total. The fourth-order valence-electron chi connectivity index (χ4n) is 4.44. The fraction of sp³-hybridized carbons (Fsp3) is 0.500. The quantitative estimate of drug-likeness (QED) is 0.896. The maximum atomic E-state index is 10.1. The zero-order valence-electron chi connectivity index (χ0n) is 14.8. The molecule has 2 aliphatic heterocycles. The van der Waals surface area contributed by atoms with E-state index < -0.39 is 28.6 Å². The Morgan fingerprint density at radius 3 is 2.31 bits per heavy atom. The van der Waals surface area contributed by atoms with Crippen LogP contribution in [0.4, 0.5) is 0 Å². The lowest BCUT2D eigenvalue weighted by atomic mass is 9.53. The topological polar surface area (TPSA) is 114 Å². The standard InChI is InChI=1S/C20H20N4O2/c1-3-7-15-18(2)25-16(10-14-8-5-4-6-9-14)19(11-21,12-22)20(15,13-23)17(24)26-18/h4-6,8-9,15-16,24H,3,7,10H2,1-2H3. The van der Waals surface area contributed by atoms with Crippen molar-refractivity contribution in [2.24, 2.45) is 16.7 Å². The predicted octanol–water partition coefficient (Wildman–Crippen LogP) is 3.31. The summed E-state index contributed by atoms with van der Waals surface area (Å²) in [5.74, 6) is -2.08. The molecule has 6 heteroatoms. The number of nitriles is 3. The molecule has 2 saturated heterocycles. The van der Waals surface area contributed by atoms with Crippen molar-refractivity contribution in [2.75, 3.05) is 0 Å². The number of hydrogen-bond donors (Lipinski definition) is 1. The summed E-state index contributed by atoms with van der Waals surface area (Å²) in [7, 11) is 0. The number of benzene rings is 1. The second kappa shape index (κ2) is 6.13. The Morgan fingerprint density at radius 2 is 1.77 bits per heavy atom. The Labute approximate surface area is 153 Å². The van der Waals surface area contributed by atoms with Crippen molar-refractivity contribution in [3.05, 3.63) is 35.9 Å². The van der Waals surface area contributed by atoms with Gasteiger partial charge in [-0.05, 0) is 12.0 Å². The highest BCUT2D eigenvalue weighted by atomic mass is 16.7. The molecule has 1 N–H and O–H groups in total. The molecule has 0 amide bonds. The Morgan fingerprint density at radius 1 is 1.12 bits per heavy atom. The molecule has 1 aromatic rings. The Kier molecular flexibility index (Phi) is 4.23. The predicted molar refractivity (Wildman–Crippen MR) is 92.3 cm³/mol. The van der Waals surface area contributed by atoms with Gasteiger partial charge in [0, 0.05) is 13.3 Å². The SMILES string of the molecule is CCCC1C2(C)OC(=N)C1(C#N)C(C#N)(C#N)C(Cc1ccccc1)O2. The number of rotatable bonds is 4. The van der Waals surface area contributed by atoms with E-state index in [1.165, 1.54) is 0 Å². The van der Waals surface area contributed by atoms with Gasteiger partial charge in [0.15, 0.2) is 10.8 Å². The molecule has 132 valence electrons. The van der Waals surface area contributed by atoms with Gasteiger partial charge in [0.05, 0.1) is 24.1 Å². The molecule has 0 radical (unpaired) electrons. The maximum Gasteiger partial charge on any atom is 0.214 e. The van der Waals surface area contributed by atoms with Crippen molar-refractivity contribution in [1.82, 2.24) is 0 Å². The summed E-state index contributed by atoms with van der Waals surface area (Å²) in [5, 5.41) is 38.5. The third-order valence-electron chi connectivity index (χ3n) is 5.67. The first kappa shape index (κ1) is 17.9. The van der Waals surface area contributed by atoms with Gasteiger partial charge in [-0.3, -0.25) is 5.41 Å². The third kappa shape index (κ3) is 2.08. The van der Waals surface area contributed by atoms with Crippen molar-refractivity contribution < 1.29 is 9.47 Å². The zero-order chi connectivity index (χ0) is 19.0. The molecule has 4 unspecified atom stereocenters. The zero-order valence-corrected chi connectivity index (χ0v) is 14.8. The highest BCUT2D eigenvalue weighted by molar-refractivity contribution is 5.89. The van der Waals surface area contributed by atoms with E-state index in [1.54, 1.807) is 6.92 Å². The molecule has 0 spiro atoms. The van der Waals surface area contributed by atoms with E-state index in [1.807, 2.05) is 37.3 Å². The fourth-order valence-corrected chi connectivity index (χ4v) is 4.44. The van der Waals surface area contributed by atoms with Gasteiger partial charge in [-0.15, -0.1) is 0 Å². The van der Waals surface area contributed by atoms with E-state index in [0.717, 1.165) is 12.0 Å². The van der Waals surface area contributed by atoms with Crippen LogP contribution in [0.3, 0.4) is 0 Å². The van der Waals surface area contributed by atoms with Gasteiger partial charge in [0.1, 0.15) is 6.10 Å². The second-order valence-electron chi connectivity index (χ2n) is 7.04. The lowest BCUT2D eigenvalue weighted by Gasteiger charge is -2.48. The van der Waals surface area contributed by atoms with Gasteiger partial charge in [0.2, 0.25) is 11.7 Å². The first-order valence-corrected chi connectivity index (χ1v) is 8.67. The molecule has 2 heterocycles. The number of fused-ring (bicyclic) bond motifs is 2. The lowest BCUT2D eigenvalue weighted by Crippen LogP contribution is -2.62. The first-order chi connectivity index (χ1) is 12.4. The summed E-state index contributed by atoms with van der Waals surface area (Å²) in [4.78, 5) is 0. The number of ether oxygens (including phenoxy) is 2. The summed E-state index contributed by atoms with van der Waals surface area (Å²) >= 11 is 0. The van der Waals surface area contributed by atoms with E-state index in [0.29, 0.717) is 6.42 Å². The molecule has 3 rings (SSSR count). The molecule has 4 atom stereocenters. The van der Waals surface area contributed by atoms with Gasteiger partial charge in [0.25, 0.3) is 0 Å². The van der Waals surface area contributed by atoms with Gasteiger partial charge in [-0.2, -0.15) is 15.8 Å². The largest absolute Gasteiger partial charge is 0.448 e. The third-order valence-corrected chi connectivity index (χ3v) is 5.67. The molecule has 2 aliphatic rings. The molecule has 0 aromatic heterocycles. The molecule has 26 heavy (non-hydrogen) atoms. The second-order valence-corrected chi connectivity index (χ2v) is 7.04. The van der Waals surface area contributed by atoms with Gasteiger partial charge >= 0.3 is 0 Å². The van der Waals surface area contributed by atoms with Gasteiger partial charge in [-0.1, -0.05) is 43.7 Å². The Bertz CT molecular complexity index is 833. The minimum Gasteiger partial charge on any atom is -0.448 e. The first-order valence-electron chi connectivity index (χ1n) is 8.67. The van der Waals surface area contributed by atoms with Crippen LogP contribution in [0.1, 0.15) is 32.3 Å². The molecule has 0 saturated carbocycles. The molecule has 0 aliphatic carbocycles. The molecular weight excluding hydrogens is 328 g/mol. The van der Waals surface area contributed by atoms with Crippen LogP contribution in [0.15, 0.2) is 30.3 Å². The van der Waals surface area contributed by atoms with Gasteiger partial charge in [-0.25, -0.2) is 0 Å². The summed E-state index contributed by atoms with van der Waals surface area (Å²) in [6.45, 7) is 3.66. The van der Waals surface area contributed by atoms with Crippen molar-refractivity contribution in [3.63, 3.8) is 0 Å². The molecule has 1 aromatic carbocycles. The van der Waals surface area contributed by atoms with E-state index in [2.05, 4.69) is 18.2 Å². The van der Waals surface area contributed by atoms with Crippen molar-refractivity contribution >= 4 is 5.90 Å². The number of hydrogen-bond acceptors (Lipinski definition) is 6. The van der Waals surface area contributed by atoms with E-state index in [4.69, 9.17) is 14.9 Å². The van der Waals surface area contributed by atoms with E-state index in [9.17, 15) is 15.8 Å². The van der Waals surface area contributed by atoms with Crippen LogP contribution < -0.4 is 0 Å². The van der Waals surface area contributed by atoms with Crippen LogP contribution >= 0.6 is 0 Å². The van der Waals surface area contributed by atoms with Crippen LogP contribution in [0.5, 0.6) is 0 Å².